The zero-order valence-electron chi connectivity index (χ0n) is 17.3. The second-order valence-electron chi connectivity index (χ2n) is 7.85. The summed E-state index contributed by atoms with van der Waals surface area (Å²) in [7, 11) is 0. The van der Waals surface area contributed by atoms with Crippen molar-refractivity contribution < 1.29 is 4.79 Å². The Kier molecular flexibility index (Phi) is 5.15. The number of fused-ring (bicyclic) bond motifs is 1. The third-order valence-electron chi connectivity index (χ3n) is 5.83. The van der Waals surface area contributed by atoms with E-state index >= 15 is 0 Å². The fourth-order valence-corrected chi connectivity index (χ4v) is 4.94. The Labute approximate surface area is 183 Å². The highest BCUT2D eigenvalue weighted by molar-refractivity contribution is 7.13. The molecule has 0 unspecified atom stereocenters. The summed E-state index contributed by atoms with van der Waals surface area (Å²) in [6.07, 6.45) is 1.68. The summed E-state index contributed by atoms with van der Waals surface area (Å²) in [5, 5.41) is 6.62. The summed E-state index contributed by atoms with van der Waals surface area (Å²) < 4.78 is 3.52. The Balaban J connectivity index is 1.37. The number of benzene rings is 1. The van der Waals surface area contributed by atoms with Gasteiger partial charge in [0.2, 0.25) is 5.91 Å². The van der Waals surface area contributed by atoms with E-state index in [1.807, 2.05) is 58.2 Å². The van der Waals surface area contributed by atoms with E-state index < -0.39 is 0 Å². The lowest BCUT2D eigenvalue weighted by Gasteiger charge is -2.33. The zero-order chi connectivity index (χ0) is 21.4. The molecule has 0 N–H and O–H groups in total. The standard InChI is InChI=1S/C23H23N5O2S/c1-16-24-18-7-2-3-8-20(18)27(16)15-23(30)26-12-4-6-17(14-26)28-22(29)11-10-19(25-28)21-9-5-13-31-21/h2-3,5,7-11,13,17H,4,6,12,14-15H2,1H3/t17-/m1/s1. The molecule has 31 heavy (non-hydrogen) atoms. The number of rotatable bonds is 4. The number of imidazole rings is 1. The molecular formula is C23H23N5O2S. The molecule has 0 spiro atoms. The molecule has 1 fully saturated rings. The van der Waals surface area contributed by atoms with E-state index in [1.54, 1.807) is 28.2 Å². The van der Waals surface area contributed by atoms with Gasteiger partial charge in [-0.2, -0.15) is 5.10 Å². The summed E-state index contributed by atoms with van der Waals surface area (Å²) in [5.74, 6) is 0.864. The molecule has 1 aliphatic heterocycles. The number of aryl methyl sites for hydroxylation is 1. The highest BCUT2D eigenvalue weighted by Crippen LogP contribution is 2.24. The van der Waals surface area contributed by atoms with Crippen molar-refractivity contribution in [3.8, 4) is 10.6 Å². The Hall–Kier alpha value is -3.26. The van der Waals surface area contributed by atoms with Crippen LogP contribution in [0.4, 0.5) is 0 Å². The Morgan fingerprint density at radius 3 is 2.87 bits per heavy atom. The number of carbonyl (C=O) groups excluding carboxylic acids is 1. The zero-order valence-corrected chi connectivity index (χ0v) is 18.1. The van der Waals surface area contributed by atoms with Crippen molar-refractivity contribution in [1.29, 1.82) is 0 Å². The van der Waals surface area contributed by atoms with Crippen molar-refractivity contribution in [1.82, 2.24) is 24.2 Å². The van der Waals surface area contributed by atoms with Crippen LogP contribution in [-0.2, 0) is 11.3 Å². The van der Waals surface area contributed by atoms with Gasteiger partial charge in [-0.15, -0.1) is 11.3 Å². The van der Waals surface area contributed by atoms with Crippen molar-refractivity contribution in [2.75, 3.05) is 13.1 Å². The van der Waals surface area contributed by atoms with Gasteiger partial charge in [0.25, 0.3) is 5.56 Å². The van der Waals surface area contributed by atoms with E-state index in [0.29, 0.717) is 13.1 Å². The van der Waals surface area contributed by atoms with E-state index in [1.165, 1.54) is 0 Å². The third kappa shape index (κ3) is 3.79. The predicted octanol–water partition coefficient (Wildman–Crippen LogP) is 3.49. The minimum absolute atomic E-state index is 0.0402. The van der Waals surface area contributed by atoms with Gasteiger partial charge in [0.1, 0.15) is 18.1 Å². The number of thiophene rings is 1. The van der Waals surface area contributed by atoms with Crippen LogP contribution in [0.2, 0.25) is 0 Å². The van der Waals surface area contributed by atoms with Crippen molar-refractivity contribution in [2.24, 2.45) is 0 Å². The summed E-state index contributed by atoms with van der Waals surface area (Å²) in [6.45, 7) is 3.36. The highest BCUT2D eigenvalue weighted by Gasteiger charge is 2.27. The van der Waals surface area contributed by atoms with Crippen molar-refractivity contribution in [3.63, 3.8) is 0 Å². The Morgan fingerprint density at radius 2 is 2.03 bits per heavy atom. The highest BCUT2D eigenvalue weighted by atomic mass is 32.1. The number of hydrogen-bond donors (Lipinski definition) is 0. The molecule has 158 valence electrons. The summed E-state index contributed by atoms with van der Waals surface area (Å²) in [5.41, 5.74) is 2.52. The van der Waals surface area contributed by atoms with E-state index in [2.05, 4.69) is 10.1 Å². The van der Waals surface area contributed by atoms with E-state index in [9.17, 15) is 9.59 Å². The van der Waals surface area contributed by atoms with Crippen molar-refractivity contribution in [3.05, 3.63) is 70.1 Å². The SMILES string of the molecule is Cc1nc2ccccc2n1CC(=O)N1CCC[C@@H](n2nc(-c3cccs3)ccc2=O)C1. The lowest BCUT2D eigenvalue weighted by molar-refractivity contribution is -0.133. The molecule has 3 aromatic heterocycles. The molecule has 1 aliphatic rings. The van der Waals surface area contributed by atoms with Crippen LogP contribution in [0.5, 0.6) is 0 Å². The number of likely N-dealkylation sites (tertiary alicyclic amines) is 1. The molecule has 4 aromatic rings. The van der Waals surface area contributed by atoms with Crippen LogP contribution in [0.25, 0.3) is 21.6 Å². The quantitative estimate of drug-likeness (QED) is 0.494. The molecule has 1 amide bonds. The molecule has 7 nitrogen and oxygen atoms in total. The molecule has 8 heteroatoms. The minimum Gasteiger partial charge on any atom is -0.339 e. The first-order valence-electron chi connectivity index (χ1n) is 10.4. The monoisotopic (exact) mass is 433 g/mol. The van der Waals surface area contributed by atoms with Crippen LogP contribution in [-0.4, -0.2) is 43.2 Å². The van der Waals surface area contributed by atoms with Crippen LogP contribution in [0.3, 0.4) is 0 Å². The van der Waals surface area contributed by atoms with E-state index in [-0.39, 0.29) is 24.1 Å². The fraction of sp³-hybridized carbons (Fsp3) is 0.304. The largest absolute Gasteiger partial charge is 0.339 e. The number of carbonyl (C=O) groups is 1. The third-order valence-corrected chi connectivity index (χ3v) is 6.72. The van der Waals surface area contributed by atoms with E-state index in [4.69, 9.17) is 0 Å². The maximum atomic E-state index is 13.1. The second-order valence-corrected chi connectivity index (χ2v) is 8.80. The van der Waals surface area contributed by atoms with Gasteiger partial charge in [0.15, 0.2) is 0 Å². The number of para-hydroxylation sites is 2. The van der Waals surface area contributed by atoms with E-state index in [0.717, 1.165) is 40.3 Å². The van der Waals surface area contributed by atoms with Crippen LogP contribution in [0.15, 0.2) is 58.7 Å². The topological polar surface area (TPSA) is 73.0 Å². The summed E-state index contributed by atoms with van der Waals surface area (Å²) in [6, 6.07) is 15.0. The second kappa shape index (κ2) is 8.11. The molecule has 0 bridgehead atoms. The lowest BCUT2D eigenvalue weighted by atomic mass is 10.1. The maximum Gasteiger partial charge on any atom is 0.267 e. The van der Waals surface area contributed by atoms with Gasteiger partial charge in [-0.3, -0.25) is 9.59 Å². The molecule has 0 radical (unpaired) electrons. The molecule has 0 saturated carbocycles. The normalized spacial score (nSPS) is 16.7. The van der Waals surface area contributed by atoms with Crippen molar-refractivity contribution in [2.45, 2.75) is 32.4 Å². The molecule has 1 atom stereocenters. The first-order chi connectivity index (χ1) is 15.1. The number of amides is 1. The fourth-order valence-electron chi connectivity index (χ4n) is 4.25. The molecule has 1 aromatic carbocycles. The summed E-state index contributed by atoms with van der Waals surface area (Å²) in [4.78, 5) is 33.1. The minimum atomic E-state index is -0.129. The molecular weight excluding hydrogens is 410 g/mol. The van der Waals surface area contributed by atoms with Gasteiger partial charge in [-0.05, 0) is 49.4 Å². The lowest BCUT2D eigenvalue weighted by Crippen LogP contribution is -2.44. The molecule has 5 rings (SSSR count). The molecule has 0 aliphatic carbocycles. The van der Waals surface area contributed by atoms with Crippen LogP contribution >= 0.6 is 11.3 Å². The van der Waals surface area contributed by atoms with Gasteiger partial charge in [0.05, 0.1) is 22.0 Å². The number of hydrogen-bond acceptors (Lipinski definition) is 5. The average Bonchev–Trinajstić information content (AvgIpc) is 3.43. The predicted molar refractivity (Wildman–Crippen MR) is 121 cm³/mol. The van der Waals surface area contributed by atoms with Crippen LogP contribution in [0, 0.1) is 6.92 Å². The Morgan fingerprint density at radius 1 is 1.16 bits per heavy atom. The average molecular weight is 434 g/mol. The first kappa shape index (κ1) is 19.7. The maximum absolute atomic E-state index is 13.1. The van der Waals surface area contributed by atoms with Crippen molar-refractivity contribution >= 4 is 28.3 Å². The Bertz CT molecular complexity index is 1290. The number of piperidine rings is 1. The summed E-state index contributed by atoms with van der Waals surface area (Å²) >= 11 is 1.60. The molecule has 1 saturated heterocycles. The van der Waals surface area contributed by atoms with Crippen LogP contribution in [0.1, 0.15) is 24.7 Å². The number of nitrogens with zero attached hydrogens (tertiary/aromatic N) is 5. The van der Waals surface area contributed by atoms with Crippen LogP contribution < -0.4 is 5.56 Å². The van der Waals surface area contributed by atoms with Gasteiger partial charge >= 0.3 is 0 Å². The smallest absolute Gasteiger partial charge is 0.267 e. The van der Waals surface area contributed by atoms with Gasteiger partial charge in [-0.25, -0.2) is 9.67 Å². The van der Waals surface area contributed by atoms with Gasteiger partial charge in [-0.1, -0.05) is 18.2 Å². The molecule has 4 heterocycles. The first-order valence-corrected chi connectivity index (χ1v) is 11.3. The van der Waals surface area contributed by atoms with Gasteiger partial charge in [0, 0.05) is 19.2 Å². The van der Waals surface area contributed by atoms with Gasteiger partial charge < -0.3 is 9.47 Å². The number of aromatic nitrogens is 4.